The van der Waals surface area contributed by atoms with Crippen molar-refractivity contribution in [3.8, 4) is 29.0 Å². The van der Waals surface area contributed by atoms with E-state index in [9.17, 15) is 19.6 Å². The van der Waals surface area contributed by atoms with E-state index in [1.54, 1.807) is 48.7 Å². The number of carbonyl (C=O) groups excluding carboxylic acids is 1. The van der Waals surface area contributed by atoms with E-state index >= 15 is 0 Å². The first-order valence-corrected chi connectivity index (χ1v) is 14.0. The summed E-state index contributed by atoms with van der Waals surface area (Å²) in [6, 6.07) is 18.6. The average Bonchev–Trinajstić information content (AvgIpc) is 3.04. The van der Waals surface area contributed by atoms with E-state index in [-0.39, 0.29) is 24.9 Å². The molecule has 0 unspecified atom stereocenters. The third-order valence-corrected chi connectivity index (χ3v) is 7.01. The van der Waals surface area contributed by atoms with Gasteiger partial charge in [-0.15, -0.1) is 0 Å². The number of piperidine rings is 1. The van der Waals surface area contributed by atoms with Gasteiger partial charge in [-0.25, -0.2) is 14.4 Å². The summed E-state index contributed by atoms with van der Waals surface area (Å²) in [7, 11) is 0. The van der Waals surface area contributed by atoms with Gasteiger partial charge >= 0.3 is 0 Å². The molecule has 5 rings (SSSR count). The first kappa shape index (κ1) is 29.4. The number of halogens is 1. The maximum Gasteiger partial charge on any atom is 0.274 e. The minimum absolute atomic E-state index is 0.106. The summed E-state index contributed by atoms with van der Waals surface area (Å²) < 4.78 is 25.7. The Balaban J connectivity index is 1.37. The van der Waals surface area contributed by atoms with Gasteiger partial charge in [0.1, 0.15) is 18.0 Å². The lowest BCUT2D eigenvalue weighted by atomic mass is 10.0. The van der Waals surface area contributed by atoms with Crippen LogP contribution in [0.15, 0.2) is 66.9 Å². The van der Waals surface area contributed by atoms with Gasteiger partial charge in [-0.1, -0.05) is 6.07 Å². The number of nitriles is 1. The highest BCUT2D eigenvalue weighted by molar-refractivity contribution is 5.95. The Morgan fingerprint density at radius 1 is 1.12 bits per heavy atom. The second kappa shape index (κ2) is 13.7. The molecule has 10 nitrogen and oxygen atoms in total. The monoisotopic (exact) mass is 582 g/mol. The van der Waals surface area contributed by atoms with E-state index < -0.39 is 11.7 Å². The zero-order valence-corrected chi connectivity index (χ0v) is 23.7. The Labute approximate surface area is 248 Å². The molecule has 1 aliphatic rings. The van der Waals surface area contributed by atoms with Gasteiger partial charge in [0.05, 0.1) is 53.7 Å². The standard InChI is InChI=1S/C32H31FN6O4/c1-2-42-32-26(7-4-14-35-32)27-9-11-29(30(38-27)31(41)36-19-23-5-3-6-24(20-40)37-23)43-25-12-15-39(16-13-25)28-10-8-22(33)17-21(28)18-34/h3-11,14,17,25,40H,2,12-13,15-16,19-20H2,1H3,(H,36,41). The van der Waals surface area contributed by atoms with Crippen molar-refractivity contribution in [2.24, 2.45) is 0 Å². The summed E-state index contributed by atoms with van der Waals surface area (Å²) in [5, 5.41) is 21.7. The van der Waals surface area contributed by atoms with Gasteiger partial charge in [-0.05, 0) is 61.5 Å². The highest BCUT2D eigenvalue weighted by Gasteiger charge is 2.26. The Hall–Kier alpha value is -5.08. The molecule has 220 valence electrons. The molecule has 0 saturated carbocycles. The number of nitrogens with one attached hydrogen (secondary N) is 1. The molecule has 1 saturated heterocycles. The molecule has 4 heterocycles. The summed E-state index contributed by atoms with van der Waals surface area (Å²) in [5.41, 5.74) is 3.33. The predicted octanol–water partition coefficient (Wildman–Crippen LogP) is 4.42. The van der Waals surface area contributed by atoms with Crippen molar-refractivity contribution in [3.63, 3.8) is 0 Å². The van der Waals surface area contributed by atoms with E-state index in [1.807, 2.05) is 17.9 Å². The van der Waals surface area contributed by atoms with Crippen LogP contribution in [0.25, 0.3) is 11.3 Å². The van der Waals surface area contributed by atoms with Gasteiger partial charge in [-0.3, -0.25) is 9.78 Å². The maximum absolute atomic E-state index is 13.6. The number of anilines is 1. The molecule has 43 heavy (non-hydrogen) atoms. The first-order valence-electron chi connectivity index (χ1n) is 14.0. The fraction of sp³-hybridized carbons (Fsp3) is 0.281. The zero-order valence-electron chi connectivity index (χ0n) is 23.7. The third-order valence-electron chi connectivity index (χ3n) is 7.01. The number of aliphatic hydroxyl groups is 1. The molecule has 1 fully saturated rings. The number of hydrogen-bond acceptors (Lipinski definition) is 9. The zero-order chi connectivity index (χ0) is 30.2. The van der Waals surface area contributed by atoms with E-state index in [4.69, 9.17) is 14.5 Å². The molecule has 11 heteroatoms. The minimum atomic E-state index is -0.447. The molecule has 1 aliphatic heterocycles. The van der Waals surface area contributed by atoms with Crippen LogP contribution in [0.5, 0.6) is 11.6 Å². The van der Waals surface area contributed by atoms with Crippen LogP contribution in [0.1, 0.15) is 47.2 Å². The summed E-state index contributed by atoms with van der Waals surface area (Å²) in [6.45, 7) is 3.41. The van der Waals surface area contributed by atoms with Crippen molar-refractivity contribution in [1.29, 1.82) is 5.26 Å². The Bertz CT molecular complexity index is 1630. The lowest BCUT2D eigenvalue weighted by Gasteiger charge is -2.34. The average molecular weight is 583 g/mol. The molecular formula is C32H31FN6O4. The normalized spacial score (nSPS) is 13.3. The van der Waals surface area contributed by atoms with Crippen LogP contribution in [0.2, 0.25) is 0 Å². The molecule has 0 bridgehead atoms. The summed E-state index contributed by atoms with van der Waals surface area (Å²) in [6.07, 6.45) is 2.67. The summed E-state index contributed by atoms with van der Waals surface area (Å²) >= 11 is 0. The van der Waals surface area contributed by atoms with Crippen LogP contribution >= 0.6 is 0 Å². The minimum Gasteiger partial charge on any atom is -0.488 e. The fourth-order valence-corrected chi connectivity index (χ4v) is 4.93. The molecule has 3 aromatic heterocycles. The number of amides is 1. The number of hydrogen-bond donors (Lipinski definition) is 2. The molecule has 1 aromatic carbocycles. The van der Waals surface area contributed by atoms with Crippen molar-refractivity contribution in [2.75, 3.05) is 24.6 Å². The van der Waals surface area contributed by atoms with E-state index in [0.717, 1.165) is 0 Å². The Morgan fingerprint density at radius 3 is 2.70 bits per heavy atom. The van der Waals surface area contributed by atoms with Crippen molar-refractivity contribution in [1.82, 2.24) is 20.3 Å². The molecular weight excluding hydrogens is 551 g/mol. The molecule has 0 aliphatic carbocycles. The molecule has 1 amide bonds. The van der Waals surface area contributed by atoms with Crippen LogP contribution < -0.4 is 19.7 Å². The quantitative estimate of drug-likeness (QED) is 0.279. The molecule has 0 atom stereocenters. The highest BCUT2D eigenvalue weighted by Crippen LogP contribution is 2.31. The smallest absolute Gasteiger partial charge is 0.274 e. The lowest BCUT2D eigenvalue weighted by Crippen LogP contribution is -2.39. The second-order valence-electron chi connectivity index (χ2n) is 9.87. The van der Waals surface area contributed by atoms with Gasteiger partial charge in [0.25, 0.3) is 5.91 Å². The topological polar surface area (TPSA) is 133 Å². The number of aliphatic hydroxyl groups excluding tert-OH is 1. The molecule has 0 radical (unpaired) electrons. The van der Waals surface area contributed by atoms with E-state index in [1.165, 1.54) is 12.1 Å². The van der Waals surface area contributed by atoms with Crippen LogP contribution in [0.4, 0.5) is 10.1 Å². The molecule has 4 aromatic rings. The number of pyridine rings is 3. The van der Waals surface area contributed by atoms with Gasteiger partial charge in [-0.2, -0.15) is 5.26 Å². The summed E-state index contributed by atoms with van der Waals surface area (Å²) in [4.78, 5) is 28.9. The van der Waals surface area contributed by atoms with Crippen molar-refractivity contribution in [3.05, 3.63) is 95.3 Å². The Morgan fingerprint density at radius 2 is 1.93 bits per heavy atom. The van der Waals surface area contributed by atoms with Crippen LogP contribution in [0, 0.1) is 17.1 Å². The van der Waals surface area contributed by atoms with Crippen molar-refractivity contribution in [2.45, 2.75) is 39.0 Å². The first-order chi connectivity index (χ1) is 21.0. The highest BCUT2D eigenvalue weighted by atomic mass is 19.1. The number of ether oxygens (including phenoxy) is 2. The van der Waals surface area contributed by atoms with Crippen LogP contribution in [-0.4, -0.2) is 51.8 Å². The van der Waals surface area contributed by atoms with Gasteiger partial charge in [0.15, 0.2) is 11.4 Å². The van der Waals surface area contributed by atoms with E-state index in [0.29, 0.717) is 78.1 Å². The van der Waals surface area contributed by atoms with Crippen molar-refractivity contribution >= 4 is 11.6 Å². The predicted molar refractivity (Wildman–Crippen MR) is 157 cm³/mol. The SMILES string of the molecule is CCOc1ncccc1-c1ccc(OC2CCN(c3ccc(F)cc3C#N)CC2)c(C(=O)NCc2cccc(CO)n2)n1. The van der Waals surface area contributed by atoms with Crippen LogP contribution in [0.3, 0.4) is 0 Å². The number of benzene rings is 1. The summed E-state index contributed by atoms with van der Waals surface area (Å²) in [5.74, 6) is -0.153. The lowest BCUT2D eigenvalue weighted by molar-refractivity contribution is 0.0934. The van der Waals surface area contributed by atoms with Gasteiger partial charge < -0.3 is 24.8 Å². The van der Waals surface area contributed by atoms with Crippen LogP contribution in [-0.2, 0) is 13.2 Å². The fourth-order valence-electron chi connectivity index (χ4n) is 4.93. The number of aromatic nitrogens is 3. The molecule has 0 spiro atoms. The third kappa shape index (κ3) is 7.05. The number of rotatable bonds is 10. The van der Waals surface area contributed by atoms with E-state index in [2.05, 4.69) is 21.4 Å². The number of carbonyl (C=O) groups is 1. The molecule has 2 N–H and O–H groups in total. The Kier molecular flexibility index (Phi) is 9.39. The van der Waals surface area contributed by atoms with Crippen molar-refractivity contribution < 1.29 is 23.8 Å². The van der Waals surface area contributed by atoms with Gasteiger partial charge in [0.2, 0.25) is 5.88 Å². The number of nitrogens with zero attached hydrogens (tertiary/aromatic N) is 5. The maximum atomic E-state index is 13.6. The van der Waals surface area contributed by atoms with Gasteiger partial charge in [0, 0.05) is 32.1 Å². The second-order valence-corrected chi connectivity index (χ2v) is 9.87. The largest absolute Gasteiger partial charge is 0.488 e.